The van der Waals surface area contributed by atoms with Crippen molar-refractivity contribution in [2.75, 3.05) is 11.4 Å². The van der Waals surface area contributed by atoms with E-state index >= 15 is 0 Å². The average Bonchev–Trinajstić information content (AvgIpc) is 2.89. The summed E-state index contributed by atoms with van der Waals surface area (Å²) in [6.45, 7) is 2.47. The van der Waals surface area contributed by atoms with Gasteiger partial charge in [0.1, 0.15) is 23.1 Å². The van der Waals surface area contributed by atoms with Crippen LogP contribution in [-0.2, 0) is 0 Å². The highest BCUT2D eigenvalue weighted by Gasteiger charge is 2.16. The second kappa shape index (κ2) is 5.05. The first-order chi connectivity index (χ1) is 9.70. The third-order valence-corrected chi connectivity index (χ3v) is 3.13. The molecule has 0 unspecified atom stereocenters. The van der Waals surface area contributed by atoms with Crippen LogP contribution in [0.2, 0.25) is 5.15 Å². The van der Waals surface area contributed by atoms with Crippen LogP contribution in [-0.4, -0.2) is 26.1 Å². The maximum Gasteiger partial charge on any atom is 0.255 e. The molecule has 5 nitrogen and oxygen atoms in total. The Kier molecular flexibility index (Phi) is 3.23. The first-order valence-electron chi connectivity index (χ1n) is 6.09. The molecule has 0 aliphatic heterocycles. The summed E-state index contributed by atoms with van der Waals surface area (Å²) in [5.74, 6) is 0.683. The number of aromatic nitrogens is 4. The second-order valence-corrected chi connectivity index (χ2v) is 4.49. The Morgan fingerprint density at radius 3 is 2.90 bits per heavy atom. The molecule has 0 aliphatic carbocycles. The Morgan fingerprint density at radius 1 is 1.35 bits per heavy atom. The van der Waals surface area contributed by atoms with E-state index in [1.165, 1.54) is 16.9 Å². The molecule has 3 rings (SSSR count). The van der Waals surface area contributed by atoms with Gasteiger partial charge in [0.25, 0.3) is 5.78 Å². The molecule has 2 aromatic heterocycles. The van der Waals surface area contributed by atoms with Crippen molar-refractivity contribution in [3.05, 3.63) is 47.6 Å². The quantitative estimate of drug-likeness (QED) is 0.696. The van der Waals surface area contributed by atoms with E-state index in [1.807, 2.05) is 6.92 Å². The summed E-state index contributed by atoms with van der Waals surface area (Å²) in [7, 11) is 0. The van der Waals surface area contributed by atoms with Gasteiger partial charge in [-0.3, -0.25) is 0 Å². The number of hydrogen-bond donors (Lipinski definition) is 0. The fraction of sp³-hybridized carbons (Fsp3) is 0.154. The van der Waals surface area contributed by atoms with Gasteiger partial charge in [0.2, 0.25) is 0 Å². The standard InChI is InChI=1S/C13H11ClFN5/c1-2-19(10-6-4-3-5-9(10)15)12-7-11(14)18-13-16-8-17-20(12)13/h3-8H,2H2,1H3. The number of rotatable bonds is 3. The highest BCUT2D eigenvalue weighted by molar-refractivity contribution is 6.29. The Bertz CT molecular complexity index is 757. The Morgan fingerprint density at radius 2 is 2.15 bits per heavy atom. The molecule has 0 saturated carbocycles. The van der Waals surface area contributed by atoms with Crippen molar-refractivity contribution in [3.63, 3.8) is 0 Å². The lowest BCUT2D eigenvalue weighted by molar-refractivity contribution is 0.624. The molecule has 1 aromatic carbocycles. The van der Waals surface area contributed by atoms with E-state index in [0.717, 1.165) is 0 Å². The molecule has 0 radical (unpaired) electrons. The van der Waals surface area contributed by atoms with Gasteiger partial charge in [-0.05, 0) is 19.1 Å². The minimum atomic E-state index is -0.310. The van der Waals surface area contributed by atoms with Gasteiger partial charge in [-0.25, -0.2) is 4.39 Å². The molecule has 2 heterocycles. The van der Waals surface area contributed by atoms with E-state index in [-0.39, 0.29) is 11.0 Å². The smallest absolute Gasteiger partial charge is 0.255 e. The molecule has 102 valence electrons. The van der Waals surface area contributed by atoms with Crippen molar-refractivity contribution in [1.29, 1.82) is 0 Å². The van der Waals surface area contributed by atoms with Gasteiger partial charge in [0.15, 0.2) is 0 Å². The number of fused-ring (bicyclic) bond motifs is 1. The number of benzene rings is 1. The van der Waals surface area contributed by atoms with Crippen molar-refractivity contribution < 1.29 is 4.39 Å². The van der Waals surface area contributed by atoms with Gasteiger partial charge in [-0.2, -0.15) is 19.6 Å². The lowest BCUT2D eigenvalue weighted by atomic mass is 10.2. The summed E-state index contributed by atoms with van der Waals surface area (Å²) in [6.07, 6.45) is 1.39. The zero-order valence-corrected chi connectivity index (χ0v) is 11.4. The predicted octanol–water partition coefficient (Wildman–Crippen LogP) is 3.07. The lowest BCUT2D eigenvalue weighted by Gasteiger charge is -2.23. The molecule has 0 fully saturated rings. The second-order valence-electron chi connectivity index (χ2n) is 4.10. The average molecular weight is 292 g/mol. The van der Waals surface area contributed by atoms with Crippen LogP contribution in [0.15, 0.2) is 36.7 Å². The van der Waals surface area contributed by atoms with Gasteiger partial charge >= 0.3 is 0 Å². The predicted molar refractivity (Wildman–Crippen MR) is 74.9 cm³/mol. The van der Waals surface area contributed by atoms with Gasteiger partial charge in [0, 0.05) is 12.6 Å². The minimum Gasteiger partial charge on any atom is -0.324 e. The minimum absolute atomic E-state index is 0.287. The molecule has 7 heteroatoms. The van der Waals surface area contributed by atoms with E-state index in [1.54, 1.807) is 29.2 Å². The summed E-state index contributed by atoms with van der Waals surface area (Å²) in [5, 5.41) is 4.39. The molecular weight excluding hydrogens is 281 g/mol. The maximum absolute atomic E-state index is 14.0. The van der Waals surface area contributed by atoms with Crippen LogP contribution >= 0.6 is 11.6 Å². The van der Waals surface area contributed by atoms with Gasteiger partial charge < -0.3 is 4.90 Å². The first kappa shape index (κ1) is 12.8. The van der Waals surface area contributed by atoms with Crippen LogP contribution in [0, 0.1) is 5.82 Å². The van der Waals surface area contributed by atoms with E-state index in [9.17, 15) is 4.39 Å². The van der Waals surface area contributed by atoms with E-state index in [0.29, 0.717) is 23.8 Å². The third-order valence-electron chi connectivity index (χ3n) is 2.94. The number of anilines is 2. The Balaban J connectivity index is 2.22. The van der Waals surface area contributed by atoms with Gasteiger partial charge in [-0.1, -0.05) is 23.7 Å². The zero-order valence-electron chi connectivity index (χ0n) is 10.7. The van der Waals surface area contributed by atoms with Crippen LogP contribution in [0.3, 0.4) is 0 Å². The molecule has 0 spiro atoms. The zero-order chi connectivity index (χ0) is 14.1. The summed E-state index contributed by atoms with van der Waals surface area (Å²) < 4.78 is 15.5. The number of para-hydroxylation sites is 1. The summed E-state index contributed by atoms with van der Waals surface area (Å²) in [5.41, 5.74) is 0.453. The van der Waals surface area contributed by atoms with Crippen LogP contribution in [0.1, 0.15) is 6.92 Å². The fourth-order valence-electron chi connectivity index (χ4n) is 2.09. The SMILES string of the molecule is CCN(c1ccccc1F)c1cc(Cl)nc2ncnn12. The monoisotopic (exact) mass is 291 g/mol. The van der Waals surface area contributed by atoms with Crippen LogP contribution < -0.4 is 4.90 Å². The first-order valence-corrected chi connectivity index (χ1v) is 6.47. The highest BCUT2D eigenvalue weighted by Crippen LogP contribution is 2.28. The number of nitrogens with zero attached hydrogens (tertiary/aromatic N) is 5. The van der Waals surface area contributed by atoms with Crippen LogP contribution in [0.5, 0.6) is 0 Å². The summed E-state index contributed by atoms with van der Waals surface area (Å²) in [6, 6.07) is 8.19. The van der Waals surface area contributed by atoms with E-state index in [2.05, 4.69) is 15.1 Å². The Hall–Kier alpha value is -2.21. The van der Waals surface area contributed by atoms with Crippen LogP contribution in [0.4, 0.5) is 15.9 Å². The summed E-state index contributed by atoms with van der Waals surface area (Å²) in [4.78, 5) is 9.84. The molecule has 0 atom stereocenters. The van der Waals surface area contributed by atoms with Gasteiger partial charge in [0.05, 0.1) is 5.69 Å². The highest BCUT2D eigenvalue weighted by atomic mass is 35.5. The molecule has 0 N–H and O–H groups in total. The van der Waals surface area contributed by atoms with Crippen LogP contribution in [0.25, 0.3) is 5.78 Å². The van der Waals surface area contributed by atoms with Crippen molar-refractivity contribution in [1.82, 2.24) is 19.6 Å². The van der Waals surface area contributed by atoms with Crippen molar-refractivity contribution in [3.8, 4) is 0 Å². The summed E-state index contributed by atoms with van der Waals surface area (Å²) >= 11 is 6.00. The molecular formula is C13H11ClFN5. The topological polar surface area (TPSA) is 46.3 Å². The molecule has 20 heavy (non-hydrogen) atoms. The Labute approximate surface area is 119 Å². The van der Waals surface area contributed by atoms with Crippen molar-refractivity contribution in [2.45, 2.75) is 6.92 Å². The normalized spacial score (nSPS) is 10.9. The molecule has 0 saturated heterocycles. The molecule has 3 aromatic rings. The van der Waals surface area contributed by atoms with Crippen molar-refractivity contribution in [2.24, 2.45) is 0 Å². The fourth-order valence-corrected chi connectivity index (χ4v) is 2.26. The molecule has 0 amide bonds. The number of halogens is 2. The van der Waals surface area contributed by atoms with Crippen molar-refractivity contribution >= 4 is 28.9 Å². The van der Waals surface area contributed by atoms with Gasteiger partial charge in [-0.15, -0.1) is 0 Å². The largest absolute Gasteiger partial charge is 0.324 e. The van der Waals surface area contributed by atoms with E-state index in [4.69, 9.17) is 11.6 Å². The maximum atomic E-state index is 14.0. The third kappa shape index (κ3) is 2.08. The lowest BCUT2D eigenvalue weighted by Crippen LogP contribution is -2.20. The molecule has 0 aliphatic rings. The number of hydrogen-bond acceptors (Lipinski definition) is 4. The van der Waals surface area contributed by atoms with E-state index < -0.39 is 0 Å². The molecule has 0 bridgehead atoms.